The van der Waals surface area contributed by atoms with Gasteiger partial charge in [0.25, 0.3) is 5.91 Å². The smallest absolute Gasteiger partial charge is 0.270 e. The molecule has 2 fully saturated rings. The monoisotopic (exact) mass is 359 g/mol. The van der Waals surface area contributed by atoms with Crippen LogP contribution < -0.4 is 0 Å². The predicted octanol–water partition coefficient (Wildman–Crippen LogP) is 2.73. The second kappa shape index (κ2) is 6.67. The SMILES string of the molecule is CO[C@@H]1C[C@H]2CN(C(=O)c3cc4cc(F)ccc4[nH]3)C[C@H]2C[C@H]1N(C)C. The third kappa shape index (κ3) is 3.01. The molecule has 1 aromatic carbocycles. The van der Waals surface area contributed by atoms with E-state index in [4.69, 9.17) is 4.74 Å². The van der Waals surface area contributed by atoms with Crippen molar-refractivity contribution >= 4 is 16.8 Å². The summed E-state index contributed by atoms with van der Waals surface area (Å²) in [6.07, 6.45) is 2.26. The average Bonchev–Trinajstić information content (AvgIpc) is 3.22. The van der Waals surface area contributed by atoms with Crippen LogP contribution in [0.15, 0.2) is 24.3 Å². The molecule has 2 heterocycles. The van der Waals surface area contributed by atoms with E-state index in [1.807, 2.05) is 4.90 Å². The summed E-state index contributed by atoms with van der Waals surface area (Å²) in [6, 6.07) is 6.69. The van der Waals surface area contributed by atoms with Crippen LogP contribution in [0.3, 0.4) is 0 Å². The molecular weight excluding hydrogens is 333 g/mol. The number of H-pyrrole nitrogens is 1. The number of aromatic amines is 1. The van der Waals surface area contributed by atoms with Crippen molar-refractivity contribution in [2.45, 2.75) is 25.0 Å². The highest BCUT2D eigenvalue weighted by atomic mass is 19.1. The molecule has 2 aromatic rings. The van der Waals surface area contributed by atoms with Gasteiger partial charge in [-0.05, 0) is 63.0 Å². The topological polar surface area (TPSA) is 48.6 Å². The number of methoxy groups -OCH3 is 1. The number of hydrogen-bond donors (Lipinski definition) is 1. The Morgan fingerprint density at radius 1 is 1.23 bits per heavy atom. The summed E-state index contributed by atoms with van der Waals surface area (Å²) in [6.45, 7) is 1.56. The van der Waals surface area contributed by atoms with Crippen molar-refractivity contribution in [3.05, 3.63) is 35.8 Å². The van der Waals surface area contributed by atoms with Crippen molar-refractivity contribution in [2.75, 3.05) is 34.3 Å². The molecule has 2 aliphatic rings. The Bertz CT molecular complexity index is 818. The molecule has 4 rings (SSSR count). The summed E-state index contributed by atoms with van der Waals surface area (Å²) in [7, 11) is 5.97. The van der Waals surface area contributed by atoms with Gasteiger partial charge in [0.1, 0.15) is 11.5 Å². The number of ether oxygens (including phenoxy) is 1. The van der Waals surface area contributed by atoms with E-state index < -0.39 is 0 Å². The fourth-order valence-electron chi connectivity index (χ4n) is 4.74. The molecule has 140 valence electrons. The first-order valence-corrected chi connectivity index (χ1v) is 9.23. The zero-order valence-electron chi connectivity index (χ0n) is 15.5. The van der Waals surface area contributed by atoms with Crippen LogP contribution in [0.1, 0.15) is 23.3 Å². The fraction of sp³-hybridized carbons (Fsp3) is 0.550. The highest BCUT2D eigenvalue weighted by Gasteiger charge is 2.44. The van der Waals surface area contributed by atoms with Gasteiger partial charge in [0.15, 0.2) is 0 Å². The average molecular weight is 359 g/mol. The van der Waals surface area contributed by atoms with E-state index in [9.17, 15) is 9.18 Å². The summed E-state index contributed by atoms with van der Waals surface area (Å²) in [5.41, 5.74) is 1.33. The van der Waals surface area contributed by atoms with E-state index in [0.717, 1.165) is 36.8 Å². The third-order valence-electron chi connectivity index (χ3n) is 6.15. The summed E-state index contributed by atoms with van der Waals surface area (Å²) < 4.78 is 19.1. The summed E-state index contributed by atoms with van der Waals surface area (Å²) >= 11 is 0. The van der Waals surface area contributed by atoms with Gasteiger partial charge < -0.3 is 19.5 Å². The maximum atomic E-state index is 13.4. The van der Waals surface area contributed by atoms with Crippen molar-refractivity contribution in [3.8, 4) is 0 Å². The van der Waals surface area contributed by atoms with Crippen molar-refractivity contribution in [1.29, 1.82) is 0 Å². The van der Waals surface area contributed by atoms with E-state index >= 15 is 0 Å². The molecule has 1 saturated heterocycles. The summed E-state index contributed by atoms with van der Waals surface area (Å²) in [5.74, 6) is 0.718. The normalized spacial score (nSPS) is 28.7. The molecule has 1 aliphatic carbocycles. The molecule has 6 heteroatoms. The highest BCUT2D eigenvalue weighted by Crippen LogP contribution is 2.39. The number of likely N-dealkylation sites (tertiary alicyclic amines) is 1. The Kier molecular flexibility index (Phi) is 4.49. The Morgan fingerprint density at radius 3 is 2.65 bits per heavy atom. The van der Waals surface area contributed by atoms with Crippen molar-refractivity contribution in [2.24, 2.45) is 11.8 Å². The van der Waals surface area contributed by atoms with Gasteiger partial charge in [-0.25, -0.2) is 4.39 Å². The van der Waals surface area contributed by atoms with Crippen LogP contribution in [-0.4, -0.2) is 67.1 Å². The number of likely N-dealkylation sites (N-methyl/N-ethyl adjacent to an activating group) is 1. The first-order chi connectivity index (χ1) is 12.5. The van der Waals surface area contributed by atoms with Gasteiger partial charge in [-0.3, -0.25) is 4.79 Å². The van der Waals surface area contributed by atoms with E-state index in [2.05, 4.69) is 24.0 Å². The first kappa shape index (κ1) is 17.5. The second-order valence-corrected chi connectivity index (χ2v) is 7.92. The molecule has 26 heavy (non-hydrogen) atoms. The van der Waals surface area contributed by atoms with Gasteiger partial charge in [0.05, 0.1) is 6.10 Å². The van der Waals surface area contributed by atoms with Gasteiger partial charge in [0, 0.05) is 37.1 Å². The van der Waals surface area contributed by atoms with Gasteiger partial charge in [-0.1, -0.05) is 0 Å². The van der Waals surface area contributed by atoms with Crippen molar-refractivity contribution in [1.82, 2.24) is 14.8 Å². The first-order valence-electron chi connectivity index (χ1n) is 9.23. The zero-order valence-corrected chi connectivity index (χ0v) is 15.5. The van der Waals surface area contributed by atoms with Gasteiger partial charge >= 0.3 is 0 Å². The molecule has 4 atom stereocenters. The molecule has 5 nitrogen and oxygen atoms in total. The lowest BCUT2D eigenvalue weighted by Gasteiger charge is -2.40. The third-order valence-corrected chi connectivity index (χ3v) is 6.15. The van der Waals surface area contributed by atoms with E-state index in [1.54, 1.807) is 19.2 Å². The van der Waals surface area contributed by atoms with Gasteiger partial charge in [-0.2, -0.15) is 0 Å². The molecule has 0 unspecified atom stereocenters. The van der Waals surface area contributed by atoms with Crippen LogP contribution in [0.4, 0.5) is 4.39 Å². The molecule has 1 saturated carbocycles. The summed E-state index contributed by atoms with van der Waals surface area (Å²) in [5, 5.41) is 0.733. The zero-order chi connectivity index (χ0) is 18.4. The lowest BCUT2D eigenvalue weighted by atomic mass is 9.77. The highest BCUT2D eigenvalue weighted by molar-refractivity contribution is 5.98. The number of halogens is 1. The number of aromatic nitrogens is 1. The molecule has 1 aromatic heterocycles. The van der Waals surface area contributed by atoms with Crippen molar-refractivity contribution < 1.29 is 13.9 Å². The van der Waals surface area contributed by atoms with Crippen LogP contribution in [0, 0.1) is 17.7 Å². The van der Waals surface area contributed by atoms with Crippen LogP contribution in [-0.2, 0) is 4.74 Å². The minimum absolute atomic E-state index is 0.00591. The van der Waals surface area contributed by atoms with E-state index in [0.29, 0.717) is 23.6 Å². The van der Waals surface area contributed by atoms with Gasteiger partial charge in [-0.15, -0.1) is 0 Å². The molecule has 0 spiro atoms. The number of nitrogens with one attached hydrogen (secondary N) is 1. The number of benzene rings is 1. The predicted molar refractivity (Wildman–Crippen MR) is 98.6 cm³/mol. The molecule has 0 radical (unpaired) electrons. The fourth-order valence-corrected chi connectivity index (χ4v) is 4.74. The molecule has 1 aliphatic heterocycles. The maximum absolute atomic E-state index is 13.4. The molecule has 0 bridgehead atoms. The van der Waals surface area contributed by atoms with Crippen LogP contribution in [0.5, 0.6) is 0 Å². The number of fused-ring (bicyclic) bond motifs is 2. The summed E-state index contributed by atoms with van der Waals surface area (Å²) in [4.78, 5) is 20.3. The Labute approximate surface area is 153 Å². The van der Waals surface area contributed by atoms with Crippen LogP contribution in [0.2, 0.25) is 0 Å². The van der Waals surface area contributed by atoms with Crippen LogP contribution >= 0.6 is 0 Å². The lowest BCUT2D eigenvalue weighted by Crippen LogP contribution is -2.47. The second-order valence-electron chi connectivity index (χ2n) is 7.92. The number of carbonyl (C=O) groups excluding carboxylic acids is 1. The number of carbonyl (C=O) groups is 1. The Balaban J connectivity index is 1.51. The number of hydrogen-bond acceptors (Lipinski definition) is 3. The number of nitrogens with zero attached hydrogens (tertiary/aromatic N) is 2. The van der Waals surface area contributed by atoms with Crippen molar-refractivity contribution in [3.63, 3.8) is 0 Å². The standard InChI is InChI=1S/C20H26FN3O2/c1-23(2)18-8-13-10-24(11-14(13)9-19(18)26-3)20(25)17-7-12-6-15(21)4-5-16(12)22-17/h4-7,13-14,18-19,22H,8-11H2,1-3H3/t13-,14+,18-,19-/m1/s1. The number of amides is 1. The Hall–Kier alpha value is -1.92. The Morgan fingerprint density at radius 2 is 1.96 bits per heavy atom. The molecular formula is C20H26FN3O2. The largest absolute Gasteiger partial charge is 0.380 e. The quantitative estimate of drug-likeness (QED) is 0.917. The minimum atomic E-state index is -0.289. The lowest BCUT2D eigenvalue weighted by molar-refractivity contribution is -0.0209. The minimum Gasteiger partial charge on any atom is -0.380 e. The van der Waals surface area contributed by atoms with E-state index in [-0.39, 0.29) is 17.8 Å². The van der Waals surface area contributed by atoms with Gasteiger partial charge in [0.2, 0.25) is 0 Å². The molecule has 1 amide bonds. The number of rotatable bonds is 3. The maximum Gasteiger partial charge on any atom is 0.270 e. The molecule has 1 N–H and O–H groups in total. The van der Waals surface area contributed by atoms with Crippen LogP contribution in [0.25, 0.3) is 10.9 Å². The van der Waals surface area contributed by atoms with E-state index in [1.165, 1.54) is 12.1 Å².